The topological polar surface area (TPSA) is 82.3 Å². The van der Waals surface area contributed by atoms with Gasteiger partial charge < -0.3 is 10.2 Å². The van der Waals surface area contributed by atoms with Gasteiger partial charge in [-0.25, -0.2) is 9.37 Å². The predicted molar refractivity (Wildman–Crippen MR) is 150 cm³/mol. The van der Waals surface area contributed by atoms with Gasteiger partial charge in [-0.05, 0) is 42.0 Å². The van der Waals surface area contributed by atoms with E-state index in [1.807, 2.05) is 72.8 Å². The number of nitrogens with one attached hydrogen (secondary N) is 3. The zero-order valence-corrected chi connectivity index (χ0v) is 20.9. The molecule has 0 spiro atoms. The molecule has 0 amide bonds. The van der Waals surface area contributed by atoms with Crippen LogP contribution in [0.2, 0.25) is 0 Å². The van der Waals surface area contributed by atoms with E-state index >= 15 is 0 Å². The molecule has 0 saturated carbocycles. The molecule has 0 bridgehead atoms. The average molecular weight is 506 g/mol. The van der Waals surface area contributed by atoms with Crippen molar-refractivity contribution >= 4 is 34.6 Å². The van der Waals surface area contributed by atoms with Gasteiger partial charge in [0.25, 0.3) is 0 Å². The van der Waals surface area contributed by atoms with E-state index in [0.717, 1.165) is 49.5 Å². The number of nitrogens with zero attached hydrogens (tertiary/aromatic N) is 4. The summed E-state index contributed by atoms with van der Waals surface area (Å²) in [5.74, 6) is 0.877. The lowest BCUT2D eigenvalue weighted by Crippen LogP contribution is -2.46. The third kappa shape index (κ3) is 4.50. The van der Waals surface area contributed by atoms with E-state index in [9.17, 15) is 4.39 Å². The zero-order valence-electron chi connectivity index (χ0n) is 20.9. The van der Waals surface area contributed by atoms with Crippen LogP contribution in [0.3, 0.4) is 0 Å². The molecule has 1 saturated heterocycles. The number of halogens is 1. The number of fused-ring (bicyclic) bond motifs is 2. The third-order valence-corrected chi connectivity index (χ3v) is 7.11. The Labute approximate surface area is 221 Å². The first-order valence-corrected chi connectivity index (χ1v) is 12.7. The molecule has 3 aromatic carbocycles. The van der Waals surface area contributed by atoms with Crippen LogP contribution in [0, 0.1) is 16.6 Å². The molecule has 1 fully saturated rings. The fourth-order valence-electron chi connectivity index (χ4n) is 5.08. The summed E-state index contributed by atoms with van der Waals surface area (Å²) in [5, 5.41) is 21.3. The smallest absolute Gasteiger partial charge is 0.154 e. The summed E-state index contributed by atoms with van der Waals surface area (Å²) in [4.78, 5) is 10.6. The van der Waals surface area contributed by atoms with E-state index in [1.54, 1.807) is 17.2 Å². The molecule has 7 nitrogen and oxygen atoms in total. The Hall–Kier alpha value is -4.56. The van der Waals surface area contributed by atoms with Crippen molar-refractivity contribution in [3.8, 4) is 0 Å². The molecular weight excluding hydrogens is 477 g/mol. The van der Waals surface area contributed by atoms with Crippen molar-refractivity contribution in [3.63, 3.8) is 0 Å². The lowest BCUT2D eigenvalue weighted by atomic mass is 10.1. The minimum atomic E-state index is -0.172. The second kappa shape index (κ2) is 10.1. The van der Waals surface area contributed by atoms with E-state index in [2.05, 4.69) is 20.1 Å². The Morgan fingerprint density at radius 2 is 1.55 bits per heavy atom. The molecule has 4 aromatic rings. The second-order valence-corrected chi connectivity index (χ2v) is 9.49. The van der Waals surface area contributed by atoms with Gasteiger partial charge in [0.2, 0.25) is 0 Å². The molecular formula is C30H28FN7. The summed E-state index contributed by atoms with van der Waals surface area (Å²) in [5.41, 5.74) is 4.71. The van der Waals surface area contributed by atoms with Crippen LogP contribution < -0.4 is 15.1 Å². The number of benzene rings is 3. The summed E-state index contributed by atoms with van der Waals surface area (Å²) < 4.78 is 14.2. The first-order valence-electron chi connectivity index (χ1n) is 12.7. The maximum atomic E-state index is 14.2. The highest BCUT2D eigenvalue weighted by Gasteiger charge is 2.28. The Morgan fingerprint density at radius 3 is 2.34 bits per heavy atom. The predicted octanol–water partition coefficient (Wildman–Crippen LogP) is 5.46. The summed E-state index contributed by atoms with van der Waals surface area (Å²) in [6.07, 6.45) is 1.70. The first-order chi connectivity index (χ1) is 18.6. The number of pyridine rings is 1. The first kappa shape index (κ1) is 23.8. The van der Waals surface area contributed by atoms with Gasteiger partial charge in [0.05, 0.1) is 17.1 Å². The van der Waals surface area contributed by atoms with E-state index < -0.39 is 0 Å². The van der Waals surface area contributed by atoms with Crippen molar-refractivity contribution < 1.29 is 4.39 Å². The van der Waals surface area contributed by atoms with Crippen molar-refractivity contribution in [1.29, 1.82) is 10.8 Å². The van der Waals surface area contributed by atoms with Crippen LogP contribution in [0.5, 0.6) is 0 Å². The van der Waals surface area contributed by atoms with Gasteiger partial charge >= 0.3 is 0 Å². The van der Waals surface area contributed by atoms with E-state index in [-0.39, 0.29) is 17.5 Å². The summed E-state index contributed by atoms with van der Waals surface area (Å²) in [7, 11) is 0. The van der Waals surface area contributed by atoms with Crippen LogP contribution in [0.25, 0.3) is 0 Å². The lowest BCUT2D eigenvalue weighted by molar-refractivity contribution is 0.249. The van der Waals surface area contributed by atoms with Gasteiger partial charge in [-0.1, -0.05) is 48.5 Å². The summed E-state index contributed by atoms with van der Waals surface area (Å²) in [6, 6.07) is 26.2. The number of hydrogen-bond donors (Lipinski definition) is 3. The van der Waals surface area contributed by atoms with Crippen LogP contribution >= 0.6 is 0 Å². The molecule has 2 aliphatic rings. The van der Waals surface area contributed by atoms with Crippen molar-refractivity contribution in [2.45, 2.75) is 6.54 Å². The fourth-order valence-corrected chi connectivity index (χ4v) is 5.08. The molecule has 0 aliphatic carbocycles. The standard InChI is InChI=1S/C30H28FN7/c31-24-7-2-4-9-26(24)37-18-16-36(17-19-37)20-21-11-13-22(14-12-21)28(32)38-27-10-5-15-34-30(27)35-25-8-3-1-6-23(25)29(38)33/h1-15,32-33H,16-20H2,(H,34,35). The summed E-state index contributed by atoms with van der Waals surface area (Å²) >= 11 is 0. The molecule has 1 aromatic heterocycles. The van der Waals surface area contributed by atoms with Crippen molar-refractivity contribution in [2.24, 2.45) is 0 Å². The van der Waals surface area contributed by atoms with Crippen LogP contribution in [0.15, 0.2) is 91.1 Å². The van der Waals surface area contributed by atoms with Crippen molar-refractivity contribution in [2.75, 3.05) is 41.3 Å². The van der Waals surface area contributed by atoms with Crippen LogP contribution in [0.4, 0.5) is 27.3 Å². The second-order valence-electron chi connectivity index (χ2n) is 9.49. The highest BCUT2D eigenvalue weighted by Crippen LogP contribution is 2.34. The molecule has 3 N–H and O–H groups in total. The molecule has 8 heteroatoms. The van der Waals surface area contributed by atoms with E-state index in [1.165, 1.54) is 6.07 Å². The van der Waals surface area contributed by atoms with Gasteiger partial charge in [-0.3, -0.25) is 20.6 Å². The van der Waals surface area contributed by atoms with Gasteiger partial charge in [-0.2, -0.15) is 0 Å². The molecule has 190 valence electrons. The van der Waals surface area contributed by atoms with Crippen LogP contribution in [-0.2, 0) is 6.54 Å². The minimum Gasteiger partial charge on any atom is -0.367 e. The van der Waals surface area contributed by atoms with Crippen LogP contribution in [-0.4, -0.2) is 47.7 Å². The average Bonchev–Trinajstić information content (AvgIpc) is 3.08. The van der Waals surface area contributed by atoms with Gasteiger partial charge in [0, 0.05) is 50.0 Å². The number of hydrogen-bond acceptors (Lipinski definition) is 6. The molecule has 38 heavy (non-hydrogen) atoms. The molecule has 3 heterocycles. The zero-order chi connectivity index (χ0) is 26.1. The largest absolute Gasteiger partial charge is 0.367 e. The van der Waals surface area contributed by atoms with Gasteiger partial charge in [-0.15, -0.1) is 0 Å². The highest BCUT2D eigenvalue weighted by atomic mass is 19.1. The lowest BCUT2D eigenvalue weighted by Gasteiger charge is -2.36. The van der Waals surface area contributed by atoms with E-state index in [4.69, 9.17) is 10.8 Å². The van der Waals surface area contributed by atoms with Gasteiger partial charge in [0.1, 0.15) is 17.5 Å². The fraction of sp³-hybridized carbons (Fsp3) is 0.167. The monoisotopic (exact) mass is 505 g/mol. The number of amidine groups is 2. The highest BCUT2D eigenvalue weighted by molar-refractivity contribution is 6.30. The number of anilines is 4. The third-order valence-electron chi connectivity index (χ3n) is 7.11. The van der Waals surface area contributed by atoms with E-state index in [0.29, 0.717) is 22.8 Å². The Bertz CT molecular complexity index is 1490. The Kier molecular flexibility index (Phi) is 6.31. The minimum absolute atomic E-state index is 0.172. The molecule has 0 radical (unpaired) electrons. The molecule has 6 rings (SSSR count). The number of rotatable bonds is 4. The SMILES string of the molecule is N=C(c1ccc(CN2CCN(c3ccccc3F)CC2)cc1)N1C(=N)c2ccccc2Nc2ncccc21. The van der Waals surface area contributed by atoms with Gasteiger partial charge in [0.15, 0.2) is 5.82 Å². The number of aromatic nitrogens is 1. The quantitative estimate of drug-likeness (QED) is 0.254. The van der Waals surface area contributed by atoms with Crippen molar-refractivity contribution in [3.05, 3.63) is 114 Å². The Balaban J connectivity index is 1.17. The molecule has 2 aliphatic heterocycles. The van der Waals surface area contributed by atoms with Crippen molar-refractivity contribution in [1.82, 2.24) is 9.88 Å². The maximum absolute atomic E-state index is 14.2. The number of para-hydroxylation sites is 2. The number of piperazine rings is 1. The molecule has 0 unspecified atom stereocenters. The molecule has 0 atom stereocenters. The normalized spacial score (nSPS) is 15.3. The van der Waals surface area contributed by atoms with Crippen LogP contribution in [0.1, 0.15) is 16.7 Å². The summed E-state index contributed by atoms with van der Waals surface area (Å²) in [6.45, 7) is 4.07. The maximum Gasteiger partial charge on any atom is 0.154 e. The Morgan fingerprint density at radius 1 is 0.842 bits per heavy atom.